The molecule has 0 saturated heterocycles. The molecule has 1 aromatic heterocycles. The summed E-state index contributed by atoms with van der Waals surface area (Å²) < 4.78 is 5.56. The number of nitrogens with zero attached hydrogens (tertiary/aromatic N) is 1. The van der Waals surface area contributed by atoms with Gasteiger partial charge >= 0.3 is 5.97 Å². The van der Waals surface area contributed by atoms with Crippen molar-refractivity contribution < 1.29 is 19.4 Å². The Balaban J connectivity index is 1.58. The molecule has 0 bridgehead atoms. The minimum atomic E-state index is -1.01. The van der Waals surface area contributed by atoms with Crippen LogP contribution in [0.2, 0.25) is 0 Å². The van der Waals surface area contributed by atoms with Gasteiger partial charge in [0.15, 0.2) is 0 Å². The molecule has 0 spiro atoms. The van der Waals surface area contributed by atoms with Crippen LogP contribution in [0.15, 0.2) is 12.1 Å². The second-order valence-corrected chi connectivity index (χ2v) is 7.26. The number of aryl methyl sites for hydroxylation is 2. The van der Waals surface area contributed by atoms with Crippen LogP contribution in [0.3, 0.4) is 0 Å². The van der Waals surface area contributed by atoms with Crippen molar-refractivity contribution in [1.29, 1.82) is 0 Å². The third-order valence-electron chi connectivity index (χ3n) is 4.86. The Bertz CT molecular complexity index is 636. The Morgan fingerprint density at radius 3 is 2.93 bits per heavy atom. The molecule has 1 aromatic rings. The Morgan fingerprint density at radius 1 is 1.29 bits per heavy atom. The average molecular weight is 392 g/mol. The number of rotatable bonds is 13. The number of carbonyl (C=O) groups excluding carboxylic acids is 1. The van der Waals surface area contributed by atoms with E-state index in [-0.39, 0.29) is 12.3 Å². The highest BCUT2D eigenvalue weighted by Gasteiger charge is 2.19. The van der Waals surface area contributed by atoms with E-state index in [0.29, 0.717) is 19.6 Å². The quantitative estimate of drug-likeness (QED) is 0.447. The monoisotopic (exact) mass is 391 g/mol. The Kier molecular flexibility index (Phi) is 9.76. The number of amides is 1. The third-order valence-corrected chi connectivity index (χ3v) is 4.86. The number of fused-ring (bicyclic) bond motifs is 1. The van der Waals surface area contributed by atoms with Crippen molar-refractivity contribution in [1.82, 2.24) is 10.3 Å². The summed E-state index contributed by atoms with van der Waals surface area (Å²) in [4.78, 5) is 27.6. The van der Waals surface area contributed by atoms with Gasteiger partial charge in [0, 0.05) is 38.3 Å². The standard InChI is InChI=1S/C21H33N3O4/c1-2-3-9-19(25)24-18(21(26)27)12-15-28-14-5-4-8-17-11-10-16-7-6-13-22-20(16)23-17/h10-11,18H,2-9,12-15H2,1H3,(H,22,23)(H,24,25)(H,26,27)/t18-/m0/s1. The number of nitrogens with one attached hydrogen (secondary N) is 2. The summed E-state index contributed by atoms with van der Waals surface area (Å²) in [5, 5.41) is 15.1. The zero-order valence-electron chi connectivity index (χ0n) is 16.8. The molecule has 156 valence electrons. The first kappa shape index (κ1) is 22.1. The summed E-state index contributed by atoms with van der Waals surface area (Å²) in [5.74, 6) is -0.192. The van der Waals surface area contributed by atoms with E-state index < -0.39 is 12.0 Å². The van der Waals surface area contributed by atoms with E-state index in [4.69, 9.17) is 4.74 Å². The van der Waals surface area contributed by atoms with Crippen LogP contribution < -0.4 is 10.6 Å². The lowest BCUT2D eigenvalue weighted by atomic mass is 10.1. The minimum absolute atomic E-state index is 0.207. The number of ether oxygens (including phenoxy) is 1. The molecule has 28 heavy (non-hydrogen) atoms. The van der Waals surface area contributed by atoms with Crippen LogP contribution in [0.4, 0.5) is 5.82 Å². The molecule has 0 fully saturated rings. The van der Waals surface area contributed by atoms with Gasteiger partial charge in [-0.15, -0.1) is 0 Å². The number of anilines is 1. The zero-order valence-corrected chi connectivity index (χ0v) is 16.8. The van der Waals surface area contributed by atoms with Crippen molar-refractivity contribution in [3.8, 4) is 0 Å². The molecule has 0 radical (unpaired) electrons. The number of hydrogen-bond donors (Lipinski definition) is 3. The van der Waals surface area contributed by atoms with Gasteiger partial charge in [0.25, 0.3) is 0 Å². The number of carbonyl (C=O) groups is 2. The molecular formula is C21H33N3O4. The fraction of sp³-hybridized carbons (Fsp3) is 0.667. The average Bonchev–Trinajstić information content (AvgIpc) is 2.70. The summed E-state index contributed by atoms with van der Waals surface area (Å²) in [7, 11) is 0. The molecule has 0 aromatic carbocycles. The molecule has 2 rings (SSSR count). The first-order chi connectivity index (χ1) is 13.6. The summed E-state index contributed by atoms with van der Waals surface area (Å²) in [6.45, 7) is 3.90. The van der Waals surface area contributed by atoms with Crippen molar-refractivity contribution in [2.75, 3.05) is 25.1 Å². The number of aromatic nitrogens is 1. The number of aliphatic carboxylic acids is 1. The summed E-state index contributed by atoms with van der Waals surface area (Å²) in [6.07, 6.45) is 7.36. The van der Waals surface area contributed by atoms with Crippen molar-refractivity contribution in [3.63, 3.8) is 0 Å². The van der Waals surface area contributed by atoms with Gasteiger partial charge in [-0.3, -0.25) is 4.79 Å². The molecule has 0 aliphatic carbocycles. The van der Waals surface area contributed by atoms with Gasteiger partial charge in [-0.25, -0.2) is 9.78 Å². The van der Waals surface area contributed by atoms with E-state index in [1.54, 1.807) is 0 Å². The van der Waals surface area contributed by atoms with Crippen LogP contribution in [0.25, 0.3) is 0 Å². The highest BCUT2D eigenvalue weighted by molar-refractivity contribution is 5.83. The smallest absolute Gasteiger partial charge is 0.326 e. The Labute approximate surface area is 167 Å². The number of carboxylic acids is 1. The maximum absolute atomic E-state index is 11.7. The lowest BCUT2D eigenvalue weighted by Gasteiger charge is -2.17. The topological polar surface area (TPSA) is 101 Å². The second-order valence-electron chi connectivity index (χ2n) is 7.26. The van der Waals surface area contributed by atoms with E-state index in [2.05, 4.69) is 27.8 Å². The fourth-order valence-corrected chi connectivity index (χ4v) is 3.18. The van der Waals surface area contributed by atoms with Crippen molar-refractivity contribution in [2.45, 2.75) is 70.8 Å². The predicted molar refractivity (Wildman–Crippen MR) is 109 cm³/mol. The summed E-state index contributed by atoms with van der Waals surface area (Å²) in [6, 6.07) is 3.39. The van der Waals surface area contributed by atoms with Crippen LogP contribution >= 0.6 is 0 Å². The highest BCUT2D eigenvalue weighted by atomic mass is 16.5. The molecule has 3 N–H and O–H groups in total. The van der Waals surface area contributed by atoms with Gasteiger partial charge in [0.2, 0.25) is 5.91 Å². The van der Waals surface area contributed by atoms with Crippen LogP contribution in [0.1, 0.15) is 63.1 Å². The van der Waals surface area contributed by atoms with E-state index in [1.807, 2.05) is 6.92 Å². The first-order valence-corrected chi connectivity index (χ1v) is 10.4. The lowest BCUT2D eigenvalue weighted by molar-refractivity contribution is -0.142. The largest absolute Gasteiger partial charge is 0.480 e. The Hall–Kier alpha value is -2.15. The van der Waals surface area contributed by atoms with E-state index >= 15 is 0 Å². The van der Waals surface area contributed by atoms with E-state index in [9.17, 15) is 14.7 Å². The maximum atomic E-state index is 11.7. The molecule has 1 aliphatic rings. The third kappa shape index (κ3) is 7.84. The van der Waals surface area contributed by atoms with Crippen LogP contribution in [-0.2, 0) is 27.2 Å². The van der Waals surface area contributed by atoms with Gasteiger partial charge in [0.05, 0.1) is 0 Å². The molecule has 2 heterocycles. The molecule has 0 unspecified atom stereocenters. The zero-order chi connectivity index (χ0) is 20.2. The van der Waals surface area contributed by atoms with Crippen molar-refractivity contribution in [2.24, 2.45) is 0 Å². The number of carboxylic acid groups (broad SMARTS) is 1. The fourth-order valence-electron chi connectivity index (χ4n) is 3.18. The molecule has 7 heteroatoms. The number of pyridine rings is 1. The highest BCUT2D eigenvalue weighted by Crippen LogP contribution is 2.20. The van der Waals surface area contributed by atoms with Gasteiger partial charge < -0.3 is 20.5 Å². The predicted octanol–water partition coefficient (Wildman–Crippen LogP) is 2.93. The second kappa shape index (κ2) is 12.3. The first-order valence-electron chi connectivity index (χ1n) is 10.4. The van der Waals surface area contributed by atoms with Crippen molar-refractivity contribution >= 4 is 17.7 Å². The van der Waals surface area contributed by atoms with Crippen LogP contribution in [0, 0.1) is 0 Å². The maximum Gasteiger partial charge on any atom is 0.326 e. The molecule has 1 aliphatic heterocycles. The minimum Gasteiger partial charge on any atom is -0.480 e. The molecule has 1 amide bonds. The molecule has 1 atom stereocenters. The normalized spacial score (nSPS) is 14.0. The summed E-state index contributed by atoms with van der Waals surface area (Å²) >= 11 is 0. The SMILES string of the molecule is CCCCC(=O)N[C@@H](CCOCCCCc1ccc2c(n1)NCCC2)C(=O)O. The van der Waals surface area contributed by atoms with Gasteiger partial charge in [-0.05, 0) is 50.2 Å². The van der Waals surface area contributed by atoms with Crippen LogP contribution in [0.5, 0.6) is 0 Å². The van der Waals surface area contributed by atoms with Gasteiger partial charge in [-0.2, -0.15) is 0 Å². The van der Waals surface area contributed by atoms with E-state index in [1.165, 1.54) is 5.56 Å². The molecular weight excluding hydrogens is 358 g/mol. The van der Waals surface area contributed by atoms with E-state index in [0.717, 1.165) is 63.0 Å². The number of hydrogen-bond acceptors (Lipinski definition) is 5. The van der Waals surface area contributed by atoms with Gasteiger partial charge in [0.1, 0.15) is 11.9 Å². The molecule has 0 saturated carbocycles. The summed E-state index contributed by atoms with van der Waals surface area (Å²) in [5.41, 5.74) is 2.39. The van der Waals surface area contributed by atoms with Crippen molar-refractivity contribution in [3.05, 3.63) is 23.4 Å². The van der Waals surface area contributed by atoms with Crippen LogP contribution in [-0.4, -0.2) is 47.8 Å². The van der Waals surface area contributed by atoms with Gasteiger partial charge in [-0.1, -0.05) is 19.4 Å². The Morgan fingerprint density at radius 2 is 2.14 bits per heavy atom. The number of unbranched alkanes of at least 4 members (excludes halogenated alkanes) is 2. The molecule has 7 nitrogen and oxygen atoms in total. The lowest BCUT2D eigenvalue weighted by Crippen LogP contribution is -2.41.